The topological polar surface area (TPSA) is 57.5 Å². The van der Waals surface area contributed by atoms with Gasteiger partial charge in [-0.25, -0.2) is 4.79 Å². The van der Waals surface area contributed by atoms with E-state index >= 15 is 0 Å². The molecule has 0 aromatic rings. The third kappa shape index (κ3) is 3.05. The first-order valence-corrected chi connectivity index (χ1v) is 8.62. The highest BCUT2D eigenvalue weighted by atomic mass is 16.4. The summed E-state index contributed by atoms with van der Waals surface area (Å²) in [5, 5.41) is 15.0. The van der Waals surface area contributed by atoms with Crippen LogP contribution in [-0.2, 0) is 4.79 Å². The normalized spacial score (nSPS) is 35.1. The van der Waals surface area contributed by atoms with Crippen LogP contribution in [0, 0.1) is 23.7 Å². The largest absolute Gasteiger partial charge is 0.480 e. The predicted molar refractivity (Wildman–Crippen MR) is 86.3 cm³/mol. The molecule has 0 saturated heterocycles. The molecular weight excluding hydrogens is 276 g/mol. The summed E-state index contributed by atoms with van der Waals surface area (Å²) in [6.45, 7) is -0.778. The van der Waals surface area contributed by atoms with E-state index in [1.165, 1.54) is 44.9 Å². The van der Waals surface area contributed by atoms with Crippen LogP contribution < -0.4 is 0 Å². The van der Waals surface area contributed by atoms with Crippen molar-refractivity contribution in [2.24, 2.45) is 23.7 Å². The Morgan fingerprint density at radius 3 is 2.68 bits per heavy atom. The molecule has 22 heavy (non-hydrogen) atoms. The van der Waals surface area contributed by atoms with Gasteiger partial charge in [0.25, 0.3) is 0 Å². The summed E-state index contributed by atoms with van der Waals surface area (Å²) >= 11 is 0. The first-order valence-electron chi connectivity index (χ1n) is 8.62. The molecule has 4 atom stereocenters. The molecule has 2 N–H and O–H groups in total. The third-order valence-corrected chi connectivity index (χ3v) is 5.91. The third-order valence-electron chi connectivity index (χ3n) is 5.91. The Morgan fingerprint density at radius 1 is 1.14 bits per heavy atom. The van der Waals surface area contributed by atoms with Crippen molar-refractivity contribution in [3.63, 3.8) is 0 Å². The standard InChI is InChI=1S/C17H22.C2H4O3/c1-2-6-14-12(4-1)8-10-17-15-7-3-5-13(15)9-11-16(14)17;3-1-2(4)5/h3,5,7,9,12,14,16-17H,1-2,4,6,8,10-11H2;3H,1H2,(H,4,5). The quantitative estimate of drug-likeness (QED) is 0.776. The molecule has 120 valence electrons. The number of aliphatic hydroxyl groups is 1. The molecule has 0 amide bonds. The van der Waals surface area contributed by atoms with Gasteiger partial charge in [-0.3, -0.25) is 0 Å². The number of aliphatic hydroxyl groups excluding tert-OH is 1. The number of carbonyl (C=O) groups is 1. The fourth-order valence-electron chi connectivity index (χ4n) is 5.02. The van der Waals surface area contributed by atoms with Crippen molar-refractivity contribution in [1.82, 2.24) is 0 Å². The second-order valence-electron chi connectivity index (χ2n) is 6.98. The van der Waals surface area contributed by atoms with Crippen LogP contribution in [0.15, 0.2) is 35.5 Å². The number of aliphatic carboxylic acids is 1. The Balaban J connectivity index is 0.000000254. The average molecular weight is 302 g/mol. The lowest BCUT2D eigenvalue weighted by atomic mass is 9.57. The van der Waals surface area contributed by atoms with Crippen LogP contribution in [0.4, 0.5) is 0 Å². The second kappa shape index (κ2) is 6.82. The molecule has 0 radical (unpaired) electrons. The number of carboxylic acid groups (broad SMARTS) is 1. The van der Waals surface area contributed by atoms with E-state index in [-0.39, 0.29) is 0 Å². The zero-order chi connectivity index (χ0) is 15.5. The maximum Gasteiger partial charge on any atom is 0.329 e. The number of fused-ring (bicyclic) bond motifs is 5. The monoisotopic (exact) mass is 302 g/mol. The molecule has 4 aliphatic carbocycles. The molecule has 0 aromatic heterocycles. The van der Waals surface area contributed by atoms with Gasteiger partial charge in [-0.1, -0.05) is 43.6 Å². The Morgan fingerprint density at radius 2 is 1.91 bits per heavy atom. The van der Waals surface area contributed by atoms with Crippen molar-refractivity contribution < 1.29 is 15.0 Å². The first-order chi connectivity index (χ1) is 10.7. The lowest BCUT2D eigenvalue weighted by Gasteiger charge is -2.48. The zero-order valence-electron chi connectivity index (χ0n) is 13.1. The van der Waals surface area contributed by atoms with Gasteiger partial charge in [0.2, 0.25) is 0 Å². The van der Waals surface area contributed by atoms with E-state index in [2.05, 4.69) is 24.3 Å². The molecule has 0 heterocycles. The first kappa shape index (κ1) is 15.5. The van der Waals surface area contributed by atoms with Crippen LogP contribution in [0.2, 0.25) is 0 Å². The second-order valence-corrected chi connectivity index (χ2v) is 6.98. The molecule has 4 rings (SSSR count). The Kier molecular flexibility index (Phi) is 4.82. The smallest absolute Gasteiger partial charge is 0.329 e. The molecule has 0 aromatic carbocycles. The van der Waals surface area contributed by atoms with Gasteiger partial charge in [0.05, 0.1) is 0 Å². The van der Waals surface area contributed by atoms with Crippen LogP contribution >= 0.6 is 0 Å². The number of rotatable bonds is 1. The molecule has 0 spiro atoms. The highest BCUT2D eigenvalue weighted by molar-refractivity contribution is 5.67. The van der Waals surface area contributed by atoms with Crippen molar-refractivity contribution in [2.75, 3.05) is 6.61 Å². The maximum atomic E-state index is 9.12. The number of carboxylic acids is 1. The molecule has 4 aliphatic rings. The Bertz CT molecular complexity index is 515. The van der Waals surface area contributed by atoms with Crippen molar-refractivity contribution in [1.29, 1.82) is 0 Å². The minimum atomic E-state index is -1.19. The maximum absolute atomic E-state index is 9.12. The SMILES string of the molecule is C1=CC2=CCC3C(CCC4CCCCC43)C2=C1.O=C(O)CO. The molecule has 2 fully saturated rings. The van der Waals surface area contributed by atoms with Crippen LogP contribution in [0.3, 0.4) is 0 Å². The summed E-state index contributed by atoms with van der Waals surface area (Å²) in [4.78, 5) is 9.12. The van der Waals surface area contributed by atoms with E-state index < -0.39 is 12.6 Å². The summed E-state index contributed by atoms with van der Waals surface area (Å²) < 4.78 is 0. The van der Waals surface area contributed by atoms with Crippen LogP contribution in [0.5, 0.6) is 0 Å². The minimum Gasteiger partial charge on any atom is -0.480 e. The van der Waals surface area contributed by atoms with E-state index in [0.717, 1.165) is 23.7 Å². The summed E-state index contributed by atoms with van der Waals surface area (Å²) in [6.07, 6.45) is 19.9. The lowest BCUT2D eigenvalue weighted by molar-refractivity contribution is -0.140. The van der Waals surface area contributed by atoms with E-state index in [9.17, 15) is 0 Å². The summed E-state index contributed by atoms with van der Waals surface area (Å²) in [5.41, 5.74) is 3.24. The van der Waals surface area contributed by atoms with Crippen molar-refractivity contribution >= 4 is 5.97 Å². The minimum absolute atomic E-state index is 0.778. The molecule has 0 aliphatic heterocycles. The van der Waals surface area contributed by atoms with Crippen molar-refractivity contribution in [2.45, 2.75) is 44.9 Å². The molecular formula is C19H26O3. The van der Waals surface area contributed by atoms with Gasteiger partial charge in [-0.15, -0.1) is 0 Å². The van der Waals surface area contributed by atoms with Gasteiger partial charge in [-0.2, -0.15) is 0 Å². The summed E-state index contributed by atoms with van der Waals surface area (Å²) in [7, 11) is 0. The Labute approximate surface area is 132 Å². The van der Waals surface area contributed by atoms with Gasteiger partial charge in [0.15, 0.2) is 0 Å². The average Bonchev–Trinajstić information content (AvgIpc) is 3.04. The highest BCUT2D eigenvalue weighted by Crippen LogP contribution is 2.53. The Hall–Kier alpha value is -1.35. The number of hydrogen-bond acceptors (Lipinski definition) is 2. The van der Waals surface area contributed by atoms with Gasteiger partial charge in [0.1, 0.15) is 6.61 Å². The predicted octanol–water partition coefficient (Wildman–Crippen LogP) is 3.71. The fraction of sp³-hybridized carbons (Fsp3) is 0.632. The molecule has 0 bridgehead atoms. The van der Waals surface area contributed by atoms with E-state index in [0.29, 0.717) is 0 Å². The molecule has 3 heteroatoms. The zero-order valence-corrected chi connectivity index (χ0v) is 13.1. The van der Waals surface area contributed by atoms with E-state index in [4.69, 9.17) is 15.0 Å². The van der Waals surface area contributed by atoms with E-state index in [1.54, 1.807) is 11.1 Å². The summed E-state index contributed by atoms with van der Waals surface area (Å²) in [5.74, 6) is 2.84. The van der Waals surface area contributed by atoms with Crippen LogP contribution in [0.25, 0.3) is 0 Å². The molecule has 2 saturated carbocycles. The van der Waals surface area contributed by atoms with Gasteiger partial charge in [-0.05, 0) is 60.5 Å². The van der Waals surface area contributed by atoms with Crippen LogP contribution in [-0.4, -0.2) is 22.8 Å². The number of hydrogen-bond donors (Lipinski definition) is 2. The van der Waals surface area contributed by atoms with Crippen molar-refractivity contribution in [3.8, 4) is 0 Å². The molecule has 3 nitrogen and oxygen atoms in total. The summed E-state index contributed by atoms with van der Waals surface area (Å²) in [6, 6.07) is 0. The molecule has 4 unspecified atom stereocenters. The van der Waals surface area contributed by atoms with Gasteiger partial charge < -0.3 is 10.2 Å². The van der Waals surface area contributed by atoms with Crippen molar-refractivity contribution in [3.05, 3.63) is 35.5 Å². The fourth-order valence-corrected chi connectivity index (χ4v) is 5.02. The van der Waals surface area contributed by atoms with E-state index in [1.807, 2.05) is 0 Å². The highest BCUT2D eigenvalue weighted by Gasteiger charge is 2.42. The van der Waals surface area contributed by atoms with Crippen LogP contribution in [0.1, 0.15) is 44.9 Å². The van der Waals surface area contributed by atoms with Gasteiger partial charge >= 0.3 is 5.97 Å². The number of allylic oxidation sites excluding steroid dienone is 6. The lowest BCUT2D eigenvalue weighted by Crippen LogP contribution is -2.38. The van der Waals surface area contributed by atoms with Gasteiger partial charge in [0, 0.05) is 0 Å².